The van der Waals surface area contributed by atoms with E-state index in [0.717, 1.165) is 23.1 Å². The number of rotatable bonds is 5. The molecule has 1 aromatic heterocycles. The van der Waals surface area contributed by atoms with Crippen LogP contribution < -0.4 is 5.32 Å². The van der Waals surface area contributed by atoms with Gasteiger partial charge in [-0.3, -0.25) is 14.5 Å². The third-order valence-electron chi connectivity index (χ3n) is 4.01. The fourth-order valence-electron chi connectivity index (χ4n) is 2.71. The number of aliphatic hydroxyl groups is 1. The molecule has 0 unspecified atom stereocenters. The van der Waals surface area contributed by atoms with Gasteiger partial charge in [0.05, 0.1) is 30.1 Å². The van der Waals surface area contributed by atoms with E-state index in [4.69, 9.17) is 5.11 Å². The highest BCUT2D eigenvalue weighted by molar-refractivity contribution is 6.17. The summed E-state index contributed by atoms with van der Waals surface area (Å²) in [6.07, 6.45) is -0.533. The summed E-state index contributed by atoms with van der Waals surface area (Å²) in [6, 6.07) is 3.04. The Balaban J connectivity index is 2.03. The second kappa shape index (κ2) is 6.88. The van der Waals surface area contributed by atoms with Crippen LogP contribution in [0.5, 0.6) is 0 Å². The number of nitrogens with one attached hydrogen (secondary N) is 1. The predicted octanol–water partition coefficient (Wildman–Crippen LogP) is 1.86. The zero-order valence-corrected chi connectivity index (χ0v) is 14.1. The normalized spacial score (nSPS) is 14.7. The Bertz CT molecular complexity index is 934. The lowest BCUT2D eigenvalue weighted by Gasteiger charge is -2.18. The smallest absolute Gasteiger partial charge is 0.395 e. The molecule has 27 heavy (non-hydrogen) atoms. The van der Waals surface area contributed by atoms with E-state index in [0.29, 0.717) is 11.5 Å². The van der Waals surface area contributed by atoms with E-state index in [2.05, 4.69) is 10.3 Å². The van der Waals surface area contributed by atoms with Crippen molar-refractivity contribution in [1.82, 2.24) is 14.5 Å². The largest absolute Gasteiger partial charge is 0.416 e. The average Bonchev–Trinajstić information content (AvgIpc) is 3.13. The molecule has 7 nitrogen and oxygen atoms in total. The van der Waals surface area contributed by atoms with Gasteiger partial charge < -0.3 is 15.0 Å². The Kier molecular flexibility index (Phi) is 4.75. The Hall–Kier alpha value is -3.14. The van der Waals surface area contributed by atoms with Crippen molar-refractivity contribution in [3.63, 3.8) is 0 Å². The number of hydrogen-bond donors (Lipinski definition) is 2. The number of carbonyl (C=O) groups is 2. The number of aryl methyl sites for hydroxylation is 1. The number of alkyl halides is 3. The lowest BCUT2D eigenvalue weighted by molar-refractivity contribution is -0.138. The molecule has 0 bridgehead atoms. The minimum Gasteiger partial charge on any atom is -0.395 e. The molecular formula is C17H15F3N4O3. The first-order valence-corrected chi connectivity index (χ1v) is 7.89. The second-order valence-corrected chi connectivity index (χ2v) is 5.78. The van der Waals surface area contributed by atoms with Crippen molar-refractivity contribution in [3.05, 3.63) is 53.8 Å². The molecule has 0 radical (unpaired) electrons. The Morgan fingerprint density at radius 2 is 2.00 bits per heavy atom. The maximum Gasteiger partial charge on any atom is 0.416 e. The maximum atomic E-state index is 13.1. The predicted molar refractivity (Wildman–Crippen MR) is 88.8 cm³/mol. The lowest BCUT2D eigenvalue weighted by Crippen LogP contribution is -2.34. The van der Waals surface area contributed by atoms with E-state index >= 15 is 0 Å². The number of nitrogens with zero attached hydrogens (tertiary/aromatic N) is 3. The van der Waals surface area contributed by atoms with Crippen molar-refractivity contribution < 1.29 is 27.9 Å². The highest BCUT2D eigenvalue weighted by Gasteiger charge is 2.33. The number of imidazole rings is 1. The lowest BCUT2D eigenvalue weighted by atomic mass is 10.1. The van der Waals surface area contributed by atoms with Crippen molar-refractivity contribution >= 4 is 17.5 Å². The summed E-state index contributed by atoms with van der Waals surface area (Å²) in [5.74, 6) is -0.842. The zero-order valence-electron chi connectivity index (χ0n) is 14.1. The number of imide groups is 1. The number of aromatic nitrogens is 2. The van der Waals surface area contributed by atoms with Crippen LogP contribution in [-0.4, -0.2) is 44.5 Å². The Morgan fingerprint density at radius 3 is 2.59 bits per heavy atom. The quantitative estimate of drug-likeness (QED) is 0.774. The first-order valence-electron chi connectivity index (χ1n) is 7.89. The molecule has 2 amide bonds. The summed E-state index contributed by atoms with van der Waals surface area (Å²) in [4.78, 5) is 29.0. The van der Waals surface area contributed by atoms with Crippen LogP contribution in [0.2, 0.25) is 0 Å². The SMILES string of the molecule is Cc1nccn1-c1ccc(C(F)(F)F)cc1NC1=CC(=O)N(CCO)C1=O. The minimum atomic E-state index is -4.58. The number of anilines is 1. The van der Waals surface area contributed by atoms with Gasteiger partial charge in [-0.05, 0) is 25.1 Å². The molecule has 1 aliphatic rings. The maximum absolute atomic E-state index is 13.1. The zero-order chi connectivity index (χ0) is 19.8. The van der Waals surface area contributed by atoms with Gasteiger partial charge in [0.1, 0.15) is 11.5 Å². The van der Waals surface area contributed by atoms with Gasteiger partial charge in [-0.15, -0.1) is 0 Å². The Morgan fingerprint density at radius 1 is 1.26 bits per heavy atom. The van der Waals surface area contributed by atoms with Crippen LogP contribution in [0.1, 0.15) is 11.4 Å². The number of β-amino-alcohol motifs (C(OH)–C–C–N with tert-alkyl or cyclic N) is 1. The summed E-state index contributed by atoms with van der Waals surface area (Å²) in [7, 11) is 0. The molecule has 0 atom stereocenters. The monoisotopic (exact) mass is 380 g/mol. The molecule has 10 heteroatoms. The molecule has 2 heterocycles. The van der Waals surface area contributed by atoms with Gasteiger partial charge in [0.2, 0.25) is 0 Å². The molecule has 0 saturated heterocycles. The fraction of sp³-hybridized carbons (Fsp3) is 0.235. The average molecular weight is 380 g/mol. The van der Waals surface area contributed by atoms with Crippen LogP contribution in [0, 0.1) is 6.92 Å². The first kappa shape index (κ1) is 18.6. The number of halogens is 3. The molecule has 0 saturated carbocycles. The number of carbonyl (C=O) groups excluding carboxylic acids is 2. The summed E-state index contributed by atoms with van der Waals surface area (Å²) in [5, 5.41) is 11.6. The molecular weight excluding hydrogens is 365 g/mol. The van der Waals surface area contributed by atoms with Gasteiger partial charge in [-0.2, -0.15) is 13.2 Å². The van der Waals surface area contributed by atoms with Crippen molar-refractivity contribution in [2.45, 2.75) is 13.1 Å². The van der Waals surface area contributed by atoms with Crippen molar-refractivity contribution in [1.29, 1.82) is 0 Å². The third kappa shape index (κ3) is 3.56. The van der Waals surface area contributed by atoms with E-state index in [1.165, 1.54) is 12.3 Å². The molecule has 1 aromatic carbocycles. The number of amides is 2. The molecule has 3 rings (SSSR count). The number of benzene rings is 1. The van der Waals surface area contributed by atoms with Crippen LogP contribution in [-0.2, 0) is 15.8 Å². The minimum absolute atomic E-state index is 0.0100. The summed E-state index contributed by atoms with van der Waals surface area (Å²) in [6.45, 7) is 1.06. The van der Waals surface area contributed by atoms with Crippen LogP contribution in [0.15, 0.2) is 42.4 Å². The fourth-order valence-corrected chi connectivity index (χ4v) is 2.71. The molecule has 1 aliphatic heterocycles. The van der Waals surface area contributed by atoms with E-state index in [9.17, 15) is 22.8 Å². The van der Waals surface area contributed by atoms with E-state index in [1.807, 2.05) is 0 Å². The number of hydrogen-bond acceptors (Lipinski definition) is 5. The molecule has 2 aromatic rings. The topological polar surface area (TPSA) is 87.5 Å². The van der Waals surface area contributed by atoms with Gasteiger partial charge in [0.25, 0.3) is 11.8 Å². The third-order valence-corrected chi connectivity index (χ3v) is 4.01. The van der Waals surface area contributed by atoms with Crippen LogP contribution in [0.25, 0.3) is 5.69 Å². The van der Waals surface area contributed by atoms with Gasteiger partial charge in [-0.1, -0.05) is 0 Å². The van der Waals surface area contributed by atoms with Crippen molar-refractivity contribution in [2.24, 2.45) is 0 Å². The molecule has 2 N–H and O–H groups in total. The Labute approximate surface area is 151 Å². The molecule has 0 spiro atoms. The van der Waals surface area contributed by atoms with Crippen LogP contribution in [0.4, 0.5) is 18.9 Å². The van der Waals surface area contributed by atoms with Gasteiger partial charge in [-0.25, -0.2) is 4.98 Å². The summed E-state index contributed by atoms with van der Waals surface area (Å²) < 4.78 is 40.9. The van der Waals surface area contributed by atoms with Gasteiger partial charge in [0, 0.05) is 18.5 Å². The van der Waals surface area contributed by atoms with E-state index in [1.54, 1.807) is 17.7 Å². The van der Waals surface area contributed by atoms with Gasteiger partial charge >= 0.3 is 6.18 Å². The standard InChI is InChI=1S/C17H15F3N4O3/c1-10-21-4-5-23(10)14-3-2-11(17(18,19)20)8-12(14)22-13-9-15(26)24(6-7-25)16(13)27/h2-5,8-9,22,25H,6-7H2,1H3. The molecule has 0 aliphatic carbocycles. The van der Waals surface area contributed by atoms with Crippen LogP contribution >= 0.6 is 0 Å². The van der Waals surface area contributed by atoms with Gasteiger partial charge in [0.15, 0.2) is 0 Å². The molecule has 142 valence electrons. The number of aliphatic hydroxyl groups excluding tert-OH is 1. The first-order chi connectivity index (χ1) is 12.7. The summed E-state index contributed by atoms with van der Waals surface area (Å²) >= 11 is 0. The summed E-state index contributed by atoms with van der Waals surface area (Å²) in [5.41, 5.74) is -0.758. The molecule has 0 fully saturated rings. The van der Waals surface area contributed by atoms with Crippen molar-refractivity contribution in [3.8, 4) is 5.69 Å². The van der Waals surface area contributed by atoms with E-state index < -0.39 is 30.2 Å². The second-order valence-electron chi connectivity index (χ2n) is 5.78. The highest BCUT2D eigenvalue weighted by atomic mass is 19.4. The van der Waals surface area contributed by atoms with E-state index in [-0.39, 0.29) is 17.9 Å². The highest BCUT2D eigenvalue weighted by Crippen LogP contribution is 2.34. The van der Waals surface area contributed by atoms with Crippen LogP contribution in [0.3, 0.4) is 0 Å². The van der Waals surface area contributed by atoms with Crippen molar-refractivity contribution in [2.75, 3.05) is 18.5 Å².